The van der Waals surface area contributed by atoms with Gasteiger partial charge >= 0.3 is 0 Å². The summed E-state index contributed by atoms with van der Waals surface area (Å²) in [6.07, 6.45) is 1.80. The van der Waals surface area contributed by atoms with Crippen LogP contribution in [0.25, 0.3) is 10.9 Å². The van der Waals surface area contributed by atoms with E-state index in [0.29, 0.717) is 18.4 Å². The van der Waals surface area contributed by atoms with E-state index in [0.717, 1.165) is 22.4 Å². The summed E-state index contributed by atoms with van der Waals surface area (Å²) >= 11 is 4.37. The minimum atomic E-state index is 0.479. The molecule has 0 N–H and O–H groups in total. The van der Waals surface area contributed by atoms with Gasteiger partial charge in [-0.25, -0.2) is 0 Å². The highest BCUT2D eigenvalue weighted by Gasteiger charge is 2.12. The number of aromatic nitrogens is 1. The van der Waals surface area contributed by atoms with Crippen LogP contribution < -0.4 is 4.74 Å². The van der Waals surface area contributed by atoms with Crippen LogP contribution in [0, 0.1) is 11.8 Å². The molecule has 0 bridgehead atoms. The van der Waals surface area contributed by atoms with E-state index in [1.165, 1.54) is 0 Å². The van der Waals surface area contributed by atoms with Crippen molar-refractivity contribution < 1.29 is 4.74 Å². The Labute approximate surface area is 114 Å². The first-order chi connectivity index (χ1) is 8.70. The van der Waals surface area contributed by atoms with Crippen molar-refractivity contribution in [2.75, 3.05) is 12.4 Å². The number of nitrogens with zero attached hydrogens (tertiary/aromatic N) is 1. The Morgan fingerprint density at radius 3 is 2.83 bits per heavy atom. The summed E-state index contributed by atoms with van der Waals surface area (Å²) in [5.41, 5.74) is 0.974. The Morgan fingerprint density at radius 1 is 1.28 bits per heavy atom. The molecule has 1 aromatic heterocycles. The molecule has 1 heterocycles. The van der Waals surface area contributed by atoms with E-state index in [2.05, 4.69) is 37.5 Å². The molecule has 0 aliphatic carbocycles. The van der Waals surface area contributed by atoms with Crippen molar-refractivity contribution in [2.45, 2.75) is 13.8 Å². The Hall–Kier alpha value is -1.22. The number of thiol groups is 1. The molecule has 96 valence electrons. The average Bonchev–Trinajstić information content (AvgIpc) is 2.39. The van der Waals surface area contributed by atoms with Crippen molar-refractivity contribution in [2.24, 2.45) is 11.8 Å². The highest BCUT2D eigenvalue weighted by Crippen LogP contribution is 2.20. The quantitative estimate of drug-likeness (QED) is 0.827. The zero-order valence-electron chi connectivity index (χ0n) is 10.8. The molecule has 1 aromatic carbocycles. The van der Waals surface area contributed by atoms with Crippen LogP contribution >= 0.6 is 12.6 Å². The maximum atomic E-state index is 5.84. The topological polar surface area (TPSA) is 22.1 Å². The summed E-state index contributed by atoms with van der Waals surface area (Å²) in [7, 11) is 0. The van der Waals surface area contributed by atoms with E-state index in [-0.39, 0.29) is 0 Å². The third-order valence-corrected chi connectivity index (χ3v) is 3.69. The number of ether oxygens (including phenoxy) is 1. The summed E-state index contributed by atoms with van der Waals surface area (Å²) in [4.78, 5) is 4.33. The molecular formula is C15H19NOS. The monoisotopic (exact) mass is 261 g/mol. The van der Waals surface area contributed by atoms with E-state index < -0.39 is 0 Å². The van der Waals surface area contributed by atoms with E-state index in [4.69, 9.17) is 4.74 Å². The Morgan fingerprint density at radius 2 is 2.11 bits per heavy atom. The van der Waals surface area contributed by atoms with Crippen molar-refractivity contribution in [1.82, 2.24) is 4.98 Å². The molecule has 0 saturated carbocycles. The number of benzene rings is 1. The van der Waals surface area contributed by atoms with Gasteiger partial charge in [0.2, 0.25) is 0 Å². The minimum Gasteiger partial charge on any atom is -0.493 e. The van der Waals surface area contributed by atoms with E-state index in [1.807, 2.05) is 24.3 Å². The van der Waals surface area contributed by atoms with Gasteiger partial charge in [-0.1, -0.05) is 19.9 Å². The third kappa shape index (κ3) is 3.16. The average molecular weight is 261 g/mol. The van der Waals surface area contributed by atoms with Crippen LogP contribution in [0.5, 0.6) is 5.75 Å². The lowest BCUT2D eigenvalue weighted by atomic mass is 9.99. The molecule has 0 saturated heterocycles. The fourth-order valence-corrected chi connectivity index (χ4v) is 2.32. The van der Waals surface area contributed by atoms with Crippen molar-refractivity contribution in [3.05, 3.63) is 36.5 Å². The van der Waals surface area contributed by atoms with Crippen LogP contribution in [0.15, 0.2) is 36.5 Å². The molecule has 18 heavy (non-hydrogen) atoms. The fraction of sp³-hybridized carbons (Fsp3) is 0.400. The summed E-state index contributed by atoms with van der Waals surface area (Å²) in [6, 6.07) is 10.0. The first-order valence-corrected chi connectivity index (χ1v) is 6.92. The molecule has 1 unspecified atom stereocenters. The van der Waals surface area contributed by atoms with Gasteiger partial charge in [0.1, 0.15) is 5.75 Å². The number of fused-ring (bicyclic) bond motifs is 1. The second-order valence-electron chi connectivity index (χ2n) is 4.86. The van der Waals surface area contributed by atoms with Crippen LogP contribution in [0.4, 0.5) is 0 Å². The van der Waals surface area contributed by atoms with Crippen molar-refractivity contribution in [3.8, 4) is 5.75 Å². The Balaban J connectivity index is 2.07. The minimum absolute atomic E-state index is 0.479. The highest BCUT2D eigenvalue weighted by molar-refractivity contribution is 7.80. The SMILES string of the molecule is CC(C)C(CS)COc1ccc2cccnc2c1. The molecular weight excluding hydrogens is 242 g/mol. The number of rotatable bonds is 5. The molecule has 0 spiro atoms. The lowest BCUT2D eigenvalue weighted by Gasteiger charge is -2.19. The van der Waals surface area contributed by atoms with Gasteiger partial charge < -0.3 is 4.74 Å². The molecule has 0 fully saturated rings. The molecule has 3 heteroatoms. The maximum absolute atomic E-state index is 5.84. The lowest BCUT2D eigenvalue weighted by molar-refractivity contribution is 0.227. The van der Waals surface area contributed by atoms with Gasteiger partial charge in [-0.3, -0.25) is 4.98 Å². The second kappa shape index (κ2) is 6.10. The lowest BCUT2D eigenvalue weighted by Crippen LogP contribution is -2.19. The Bertz CT molecular complexity index is 513. The van der Waals surface area contributed by atoms with E-state index in [9.17, 15) is 0 Å². The van der Waals surface area contributed by atoms with Crippen LogP contribution in [0.3, 0.4) is 0 Å². The van der Waals surface area contributed by atoms with Gasteiger partial charge in [-0.2, -0.15) is 12.6 Å². The van der Waals surface area contributed by atoms with Gasteiger partial charge in [0.25, 0.3) is 0 Å². The van der Waals surface area contributed by atoms with Crippen LogP contribution in [0.1, 0.15) is 13.8 Å². The Kier molecular flexibility index (Phi) is 4.48. The smallest absolute Gasteiger partial charge is 0.121 e. The van der Waals surface area contributed by atoms with Crippen molar-refractivity contribution in [3.63, 3.8) is 0 Å². The molecule has 0 amide bonds. The summed E-state index contributed by atoms with van der Waals surface area (Å²) in [5.74, 6) is 2.80. The van der Waals surface area contributed by atoms with Crippen molar-refractivity contribution in [1.29, 1.82) is 0 Å². The third-order valence-electron chi connectivity index (χ3n) is 3.22. The van der Waals surface area contributed by atoms with Gasteiger partial charge in [0.15, 0.2) is 0 Å². The second-order valence-corrected chi connectivity index (χ2v) is 5.22. The molecule has 0 aliphatic rings. The first kappa shape index (κ1) is 13.2. The van der Waals surface area contributed by atoms with Crippen molar-refractivity contribution >= 4 is 23.5 Å². The van der Waals surface area contributed by atoms with Crippen LogP contribution in [-0.2, 0) is 0 Å². The largest absolute Gasteiger partial charge is 0.493 e. The normalized spacial score (nSPS) is 12.9. The summed E-state index contributed by atoms with van der Waals surface area (Å²) in [5, 5.41) is 1.14. The van der Waals surface area contributed by atoms with Gasteiger partial charge in [-0.15, -0.1) is 0 Å². The predicted molar refractivity (Wildman–Crippen MR) is 79.4 cm³/mol. The zero-order chi connectivity index (χ0) is 13.0. The van der Waals surface area contributed by atoms with Crippen LogP contribution in [-0.4, -0.2) is 17.3 Å². The molecule has 2 aromatic rings. The number of pyridine rings is 1. The van der Waals surface area contributed by atoms with Gasteiger partial charge in [-0.05, 0) is 29.9 Å². The van der Waals surface area contributed by atoms with Gasteiger partial charge in [0, 0.05) is 23.6 Å². The maximum Gasteiger partial charge on any atom is 0.121 e. The highest BCUT2D eigenvalue weighted by atomic mass is 32.1. The summed E-state index contributed by atoms with van der Waals surface area (Å²) in [6.45, 7) is 5.11. The molecule has 2 nitrogen and oxygen atoms in total. The molecule has 0 aliphatic heterocycles. The molecule has 2 rings (SSSR count). The fourth-order valence-electron chi connectivity index (χ4n) is 1.80. The number of hydrogen-bond donors (Lipinski definition) is 1. The van der Waals surface area contributed by atoms with E-state index >= 15 is 0 Å². The number of hydrogen-bond acceptors (Lipinski definition) is 3. The van der Waals surface area contributed by atoms with Crippen LogP contribution in [0.2, 0.25) is 0 Å². The standard InChI is InChI=1S/C15H19NOS/c1-11(2)13(10-18)9-17-14-6-5-12-4-3-7-16-15(12)8-14/h3-8,11,13,18H,9-10H2,1-2H3. The zero-order valence-corrected chi connectivity index (χ0v) is 11.7. The first-order valence-electron chi connectivity index (χ1n) is 6.29. The van der Waals surface area contributed by atoms with Gasteiger partial charge in [0.05, 0.1) is 12.1 Å². The predicted octanol–water partition coefficient (Wildman–Crippen LogP) is 3.82. The van der Waals surface area contributed by atoms with E-state index in [1.54, 1.807) is 6.20 Å². The molecule has 1 atom stereocenters. The molecule has 0 radical (unpaired) electrons. The summed E-state index contributed by atoms with van der Waals surface area (Å²) < 4.78 is 5.84.